The first-order valence-electron chi connectivity index (χ1n) is 6.41. The number of hydrogen-bond donors (Lipinski definition) is 1. The number of aromatic nitrogens is 5. The van der Waals surface area contributed by atoms with E-state index in [1.165, 1.54) is 11.8 Å². The van der Waals surface area contributed by atoms with Crippen LogP contribution in [0.15, 0.2) is 28.1 Å². The molecular weight excluding hydrogens is 292 g/mol. The van der Waals surface area contributed by atoms with Crippen molar-refractivity contribution in [1.29, 1.82) is 0 Å². The highest BCUT2D eigenvalue weighted by atomic mass is 32.2. The SMILES string of the molecule is CCC(N)Cc1c(Sc2ncnn2C)nc2sccn12. The normalized spacial score (nSPS) is 13.2. The van der Waals surface area contributed by atoms with Crippen molar-refractivity contribution in [2.75, 3.05) is 0 Å². The van der Waals surface area contributed by atoms with E-state index in [-0.39, 0.29) is 6.04 Å². The quantitative estimate of drug-likeness (QED) is 0.780. The third-order valence-electron chi connectivity index (χ3n) is 3.16. The zero-order valence-electron chi connectivity index (χ0n) is 11.4. The number of hydrogen-bond acceptors (Lipinski definition) is 6. The Labute approximate surface area is 125 Å². The molecule has 1 atom stereocenters. The van der Waals surface area contributed by atoms with Crippen LogP contribution in [0.3, 0.4) is 0 Å². The van der Waals surface area contributed by atoms with Crippen LogP contribution < -0.4 is 5.73 Å². The number of fused-ring (bicyclic) bond motifs is 1. The summed E-state index contributed by atoms with van der Waals surface area (Å²) in [6, 6.07) is 0.147. The summed E-state index contributed by atoms with van der Waals surface area (Å²) in [7, 11) is 1.88. The van der Waals surface area contributed by atoms with Crippen LogP contribution in [0.5, 0.6) is 0 Å². The van der Waals surface area contributed by atoms with E-state index in [0.717, 1.165) is 33.7 Å². The molecule has 0 radical (unpaired) electrons. The maximum Gasteiger partial charge on any atom is 0.194 e. The van der Waals surface area contributed by atoms with Crippen LogP contribution in [0.25, 0.3) is 4.96 Å². The number of rotatable bonds is 5. The van der Waals surface area contributed by atoms with Crippen molar-refractivity contribution in [2.45, 2.75) is 36.0 Å². The van der Waals surface area contributed by atoms with Gasteiger partial charge < -0.3 is 5.73 Å². The second kappa shape index (κ2) is 5.55. The highest BCUT2D eigenvalue weighted by molar-refractivity contribution is 7.99. The molecule has 3 rings (SSSR count). The van der Waals surface area contributed by atoms with Gasteiger partial charge in [-0.15, -0.1) is 11.3 Å². The van der Waals surface area contributed by atoms with E-state index >= 15 is 0 Å². The summed E-state index contributed by atoms with van der Waals surface area (Å²) in [6.45, 7) is 2.10. The van der Waals surface area contributed by atoms with Crippen molar-refractivity contribution < 1.29 is 0 Å². The lowest BCUT2D eigenvalue weighted by molar-refractivity contribution is 0.626. The minimum absolute atomic E-state index is 0.147. The molecule has 6 nitrogen and oxygen atoms in total. The molecule has 106 valence electrons. The molecule has 0 aliphatic rings. The van der Waals surface area contributed by atoms with Crippen LogP contribution in [0.1, 0.15) is 19.0 Å². The summed E-state index contributed by atoms with van der Waals surface area (Å²) in [5.41, 5.74) is 7.27. The van der Waals surface area contributed by atoms with E-state index in [4.69, 9.17) is 5.73 Å². The summed E-state index contributed by atoms with van der Waals surface area (Å²) in [5, 5.41) is 7.94. The number of imidazole rings is 1. The average Bonchev–Trinajstić information content (AvgIpc) is 3.10. The molecule has 1 unspecified atom stereocenters. The summed E-state index contributed by atoms with van der Waals surface area (Å²) in [5.74, 6) is 0. The molecule has 3 aromatic rings. The Morgan fingerprint density at radius 1 is 1.50 bits per heavy atom. The Bertz CT molecular complexity index is 712. The topological polar surface area (TPSA) is 74.0 Å². The van der Waals surface area contributed by atoms with Gasteiger partial charge in [-0.25, -0.2) is 14.6 Å². The number of nitrogens with two attached hydrogens (primary N) is 1. The molecule has 0 fully saturated rings. The minimum atomic E-state index is 0.147. The zero-order chi connectivity index (χ0) is 14.1. The van der Waals surface area contributed by atoms with Crippen molar-refractivity contribution in [1.82, 2.24) is 24.1 Å². The third kappa shape index (κ3) is 2.46. The second-order valence-corrected chi connectivity index (χ2v) is 6.39. The van der Waals surface area contributed by atoms with E-state index in [1.807, 2.05) is 18.6 Å². The molecular formula is C12H16N6S2. The molecule has 0 amide bonds. The smallest absolute Gasteiger partial charge is 0.194 e. The minimum Gasteiger partial charge on any atom is -0.327 e. The lowest BCUT2D eigenvalue weighted by atomic mass is 10.1. The van der Waals surface area contributed by atoms with Crippen molar-refractivity contribution in [3.63, 3.8) is 0 Å². The summed E-state index contributed by atoms with van der Waals surface area (Å²) in [4.78, 5) is 9.92. The summed E-state index contributed by atoms with van der Waals surface area (Å²) in [6.07, 6.45) is 5.36. The fraction of sp³-hybridized carbons (Fsp3) is 0.417. The van der Waals surface area contributed by atoms with Crippen LogP contribution in [0.2, 0.25) is 0 Å². The summed E-state index contributed by atoms with van der Waals surface area (Å²) >= 11 is 3.17. The first-order valence-corrected chi connectivity index (χ1v) is 8.10. The van der Waals surface area contributed by atoms with Gasteiger partial charge in [0, 0.05) is 31.1 Å². The number of aryl methyl sites for hydroxylation is 1. The molecule has 0 spiro atoms. The predicted molar refractivity (Wildman–Crippen MR) is 80.2 cm³/mol. The molecule has 3 aromatic heterocycles. The average molecular weight is 308 g/mol. The van der Waals surface area contributed by atoms with Gasteiger partial charge in [0.1, 0.15) is 11.4 Å². The Morgan fingerprint density at radius 3 is 3.05 bits per heavy atom. The van der Waals surface area contributed by atoms with Crippen LogP contribution in [-0.4, -0.2) is 30.2 Å². The Morgan fingerprint density at radius 2 is 2.35 bits per heavy atom. The van der Waals surface area contributed by atoms with Gasteiger partial charge in [-0.3, -0.25) is 4.40 Å². The molecule has 0 aromatic carbocycles. The second-order valence-electron chi connectivity index (χ2n) is 4.56. The van der Waals surface area contributed by atoms with Crippen LogP contribution in [0.4, 0.5) is 0 Å². The number of nitrogens with zero attached hydrogens (tertiary/aromatic N) is 5. The lowest BCUT2D eigenvalue weighted by Crippen LogP contribution is -2.22. The number of thiazole rings is 1. The van der Waals surface area contributed by atoms with Crippen LogP contribution in [0, 0.1) is 0 Å². The summed E-state index contributed by atoms with van der Waals surface area (Å²) < 4.78 is 3.88. The van der Waals surface area contributed by atoms with E-state index < -0.39 is 0 Å². The van der Waals surface area contributed by atoms with Crippen molar-refractivity contribution in [2.24, 2.45) is 12.8 Å². The maximum absolute atomic E-state index is 6.12. The highest BCUT2D eigenvalue weighted by Crippen LogP contribution is 2.31. The fourth-order valence-electron chi connectivity index (χ4n) is 1.94. The first kappa shape index (κ1) is 13.6. The van der Waals surface area contributed by atoms with E-state index in [2.05, 4.69) is 26.4 Å². The van der Waals surface area contributed by atoms with Gasteiger partial charge in [-0.2, -0.15) is 5.10 Å². The first-order chi connectivity index (χ1) is 9.69. The third-order valence-corrected chi connectivity index (χ3v) is 4.99. The molecule has 3 heterocycles. The van der Waals surface area contributed by atoms with Gasteiger partial charge in [0.25, 0.3) is 0 Å². The van der Waals surface area contributed by atoms with E-state index in [1.54, 1.807) is 22.3 Å². The molecule has 8 heteroatoms. The molecule has 0 bridgehead atoms. The molecule has 2 N–H and O–H groups in total. The van der Waals surface area contributed by atoms with Crippen LogP contribution >= 0.6 is 23.1 Å². The van der Waals surface area contributed by atoms with E-state index in [0.29, 0.717) is 0 Å². The van der Waals surface area contributed by atoms with Gasteiger partial charge in [-0.1, -0.05) is 6.92 Å². The lowest BCUT2D eigenvalue weighted by Gasteiger charge is -2.09. The molecule has 0 aliphatic heterocycles. The fourth-order valence-corrected chi connectivity index (χ4v) is 3.61. The van der Waals surface area contributed by atoms with Gasteiger partial charge in [0.2, 0.25) is 0 Å². The van der Waals surface area contributed by atoms with Crippen molar-refractivity contribution in [3.05, 3.63) is 23.6 Å². The van der Waals surface area contributed by atoms with Gasteiger partial charge in [-0.05, 0) is 18.2 Å². The highest BCUT2D eigenvalue weighted by Gasteiger charge is 2.18. The van der Waals surface area contributed by atoms with Gasteiger partial charge >= 0.3 is 0 Å². The standard InChI is InChI=1S/C12H16N6S2/c1-3-8(13)6-9-10(16-12-18(9)4-5-19-12)20-11-14-7-15-17(11)2/h4-5,7-8H,3,6,13H2,1-2H3. The van der Waals surface area contributed by atoms with Crippen LogP contribution in [-0.2, 0) is 13.5 Å². The van der Waals surface area contributed by atoms with E-state index in [9.17, 15) is 0 Å². The van der Waals surface area contributed by atoms with Crippen molar-refractivity contribution >= 4 is 28.1 Å². The molecule has 20 heavy (non-hydrogen) atoms. The maximum atomic E-state index is 6.12. The molecule has 0 aliphatic carbocycles. The Balaban J connectivity index is 1.98. The zero-order valence-corrected chi connectivity index (χ0v) is 13.0. The predicted octanol–water partition coefficient (Wildman–Crippen LogP) is 1.96. The van der Waals surface area contributed by atoms with Crippen molar-refractivity contribution in [3.8, 4) is 0 Å². The monoisotopic (exact) mass is 308 g/mol. The Kier molecular flexibility index (Phi) is 3.77. The molecule has 0 saturated heterocycles. The van der Waals surface area contributed by atoms with Gasteiger partial charge in [0.05, 0.1) is 5.69 Å². The largest absolute Gasteiger partial charge is 0.327 e. The van der Waals surface area contributed by atoms with Gasteiger partial charge in [0.15, 0.2) is 10.1 Å². The molecule has 0 saturated carbocycles. The Hall–Kier alpha value is -1.38.